The van der Waals surface area contributed by atoms with E-state index in [1.807, 2.05) is 0 Å². The second-order valence-corrected chi connectivity index (χ2v) is 5.99. The summed E-state index contributed by atoms with van der Waals surface area (Å²) in [5.41, 5.74) is 1.43. The van der Waals surface area contributed by atoms with Crippen molar-refractivity contribution in [3.05, 3.63) is 41.5 Å². The van der Waals surface area contributed by atoms with Gasteiger partial charge >= 0.3 is 0 Å². The van der Waals surface area contributed by atoms with Crippen LogP contribution < -0.4 is 4.72 Å². The number of para-hydroxylation sites is 1. The van der Waals surface area contributed by atoms with Gasteiger partial charge in [-0.05, 0) is 18.6 Å². The van der Waals surface area contributed by atoms with Crippen LogP contribution in [-0.2, 0) is 16.6 Å². The number of rotatable bonds is 4. The van der Waals surface area contributed by atoms with Crippen LogP contribution >= 0.6 is 0 Å². The molecule has 1 aromatic carbocycles. The van der Waals surface area contributed by atoms with E-state index in [2.05, 4.69) is 15.0 Å². The Morgan fingerprint density at radius 2 is 2.16 bits per heavy atom. The van der Waals surface area contributed by atoms with Gasteiger partial charge < -0.3 is 0 Å². The molecule has 0 saturated heterocycles. The Balaban J connectivity index is 2.26. The standard InChI is InChI=1S/C11H13FN4O2S/c1-8-4-3-5-10(12)11(8)16-7-9(14-15-16)6-13-19(2,17)18/h3-5,7,13H,6H2,1-2H3. The van der Waals surface area contributed by atoms with Crippen molar-refractivity contribution in [2.24, 2.45) is 0 Å². The predicted molar refractivity (Wildman–Crippen MR) is 67.7 cm³/mol. The van der Waals surface area contributed by atoms with E-state index in [0.717, 1.165) is 6.26 Å². The minimum Gasteiger partial charge on any atom is -0.217 e. The minimum absolute atomic E-state index is 0.0202. The second kappa shape index (κ2) is 5.06. The van der Waals surface area contributed by atoms with Crippen molar-refractivity contribution in [1.29, 1.82) is 0 Å². The van der Waals surface area contributed by atoms with Crippen LogP contribution in [0.5, 0.6) is 0 Å². The third-order valence-corrected chi connectivity index (χ3v) is 3.14. The molecule has 0 fully saturated rings. The summed E-state index contributed by atoms with van der Waals surface area (Å²) in [6, 6.07) is 4.70. The van der Waals surface area contributed by atoms with E-state index < -0.39 is 15.8 Å². The molecular formula is C11H13FN4O2S. The number of nitrogens with one attached hydrogen (secondary N) is 1. The largest absolute Gasteiger partial charge is 0.217 e. The highest BCUT2D eigenvalue weighted by Gasteiger charge is 2.11. The first-order valence-corrected chi connectivity index (χ1v) is 7.37. The lowest BCUT2D eigenvalue weighted by atomic mass is 10.2. The van der Waals surface area contributed by atoms with Gasteiger partial charge in [-0.15, -0.1) is 5.10 Å². The van der Waals surface area contributed by atoms with Crippen molar-refractivity contribution >= 4 is 10.0 Å². The average molecular weight is 284 g/mol. The monoisotopic (exact) mass is 284 g/mol. The summed E-state index contributed by atoms with van der Waals surface area (Å²) in [6.45, 7) is 1.78. The Morgan fingerprint density at radius 3 is 2.79 bits per heavy atom. The number of hydrogen-bond donors (Lipinski definition) is 1. The van der Waals surface area contributed by atoms with E-state index in [9.17, 15) is 12.8 Å². The molecule has 8 heteroatoms. The molecule has 1 N–H and O–H groups in total. The maximum Gasteiger partial charge on any atom is 0.209 e. The van der Waals surface area contributed by atoms with Crippen molar-refractivity contribution in [2.45, 2.75) is 13.5 Å². The molecule has 0 aliphatic rings. The normalized spacial score (nSPS) is 11.7. The van der Waals surface area contributed by atoms with Crippen LogP contribution in [0.4, 0.5) is 4.39 Å². The maximum absolute atomic E-state index is 13.7. The molecule has 0 spiro atoms. The zero-order valence-corrected chi connectivity index (χ0v) is 11.3. The molecule has 0 unspecified atom stereocenters. The molecule has 1 heterocycles. The van der Waals surface area contributed by atoms with Gasteiger partial charge in [-0.25, -0.2) is 22.2 Å². The zero-order valence-electron chi connectivity index (χ0n) is 10.5. The fourth-order valence-corrected chi connectivity index (χ4v) is 2.02. The van der Waals surface area contributed by atoms with Crippen LogP contribution in [0, 0.1) is 12.7 Å². The average Bonchev–Trinajstić information content (AvgIpc) is 2.74. The van der Waals surface area contributed by atoms with Gasteiger partial charge in [0.1, 0.15) is 11.5 Å². The molecule has 0 bridgehead atoms. The smallest absolute Gasteiger partial charge is 0.209 e. The molecule has 0 aliphatic heterocycles. The van der Waals surface area contributed by atoms with Crippen LogP contribution in [0.3, 0.4) is 0 Å². The molecule has 0 saturated carbocycles. The third kappa shape index (κ3) is 3.36. The van der Waals surface area contributed by atoms with Crippen molar-refractivity contribution in [3.8, 4) is 5.69 Å². The van der Waals surface area contributed by atoms with Gasteiger partial charge in [-0.2, -0.15) is 0 Å². The van der Waals surface area contributed by atoms with E-state index in [4.69, 9.17) is 0 Å². The van der Waals surface area contributed by atoms with Crippen LogP contribution in [-0.4, -0.2) is 29.7 Å². The quantitative estimate of drug-likeness (QED) is 0.899. The Bertz CT molecular complexity index is 676. The summed E-state index contributed by atoms with van der Waals surface area (Å²) < 4.78 is 39.2. The highest BCUT2D eigenvalue weighted by Crippen LogP contribution is 2.16. The SMILES string of the molecule is Cc1cccc(F)c1-n1cc(CNS(C)(=O)=O)nn1. The van der Waals surface area contributed by atoms with E-state index in [1.54, 1.807) is 19.1 Å². The van der Waals surface area contributed by atoms with Crippen LogP contribution in [0.25, 0.3) is 5.69 Å². The van der Waals surface area contributed by atoms with E-state index in [0.29, 0.717) is 16.9 Å². The molecule has 0 radical (unpaired) electrons. The summed E-state index contributed by atoms with van der Waals surface area (Å²) in [6.07, 6.45) is 2.54. The number of aromatic nitrogens is 3. The molecule has 102 valence electrons. The van der Waals surface area contributed by atoms with Crippen LogP contribution in [0.2, 0.25) is 0 Å². The van der Waals surface area contributed by atoms with Gasteiger partial charge in [0.2, 0.25) is 10.0 Å². The number of aryl methyl sites for hydroxylation is 1. The fraction of sp³-hybridized carbons (Fsp3) is 0.273. The molecule has 6 nitrogen and oxygen atoms in total. The molecule has 2 rings (SSSR count). The lowest BCUT2D eigenvalue weighted by molar-refractivity contribution is 0.586. The van der Waals surface area contributed by atoms with Gasteiger partial charge in [0, 0.05) is 0 Å². The van der Waals surface area contributed by atoms with Crippen LogP contribution in [0.1, 0.15) is 11.3 Å². The summed E-state index contributed by atoms with van der Waals surface area (Å²) in [5, 5.41) is 7.60. The topological polar surface area (TPSA) is 76.9 Å². The number of hydrogen-bond acceptors (Lipinski definition) is 4. The lowest BCUT2D eigenvalue weighted by Crippen LogP contribution is -2.21. The van der Waals surface area contributed by atoms with Gasteiger partial charge in [-0.1, -0.05) is 17.3 Å². The Kier molecular flexibility index (Phi) is 3.63. The van der Waals surface area contributed by atoms with Crippen molar-refractivity contribution in [3.63, 3.8) is 0 Å². The first-order chi connectivity index (χ1) is 8.87. The molecule has 0 atom stereocenters. The molecule has 0 amide bonds. The first kappa shape index (κ1) is 13.6. The number of nitrogens with zero attached hydrogens (tertiary/aromatic N) is 3. The second-order valence-electron chi connectivity index (χ2n) is 4.15. The number of halogens is 1. The van der Waals surface area contributed by atoms with E-state index in [1.165, 1.54) is 16.9 Å². The molecule has 0 aliphatic carbocycles. The Labute approximate surface area is 110 Å². The summed E-state index contributed by atoms with van der Waals surface area (Å²) in [5.74, 6) is -0.410. The molecule has 19 heavy (non-hydrogen) atoms. The van der Waals surface area contributed by atoms with Gasteiger partial charge in [-0.3, -0.25) is 0 Å². The highest BCUT2D eigenvalue weighted by molar-refractivity contribution is 7.88. The third-order valence-electron chi connectivity index (χ3n) is 2.47. The van der Waals surface area contributed by atoms with Gasteiger partial charge in [0.05, 0.1) is 24.7 Å². The van der Waals surface area contributed by atoms with Gasteiger partial charge in [0.15, 0.2) is 0 Å². The first-order valence-electron chi connectivity index (χ1n) is 5.48. The van der Waals surface area contributed by atoms with Crippen LogP contribution in [0.15, 0.2) is 24.4 Å². The van der Waals surface area contributed by atoms with Gasteiger partial charge in [0.25, 0.3) is 0 Å². The maximum atomic E-state index is 13.7. The molecule has 1 aromatic heterocycles. The summed E-state index contributed by atoms with van der Waals surface area (Å²) in [4.78, 5) is 0. The number of sulfonamides is 1. The van der Waals surface area contributed by atoms with E-state index >= 15 is 0 Å². The lowest BCUT2D eigenvalue weighted by Gasteiger charge is -2.05. The highest BCUT2D eigenvalue weighted by atomic mass is 32.2. The van der Waals surface area contributed by atoms with Crippen molar-refractivity contribution in [1.82, 2.24) is 19.7 Å². The van der Waals surface area contributed by atoms with Crippen molar-refractivity contribution in [2.75, 3.05) is 6.26 Å². The minimum atomic E-state index is -3.30. The summed E-state index contributed by atoms with van der Waals surface area (Å²) in [7, 11) is -3.30. The Morgan fingerprint density at radius 1 is 1.42 bits per heavy atom. The Hall–Kier alpha value is -1.80. The fourth-order valence-electron chi connectivity index (χ4n) is 1.61. The zero-order chi connectivity index (χ0) is 14.0. The summed E-state index contributed by atoms with van der Waals surface area (Å²) >= 11 is 0. The number of benzene rings is 1. The molecular weight excluding hydrogens is 271 g/mol. The van der Waals surface area contributed by atoms with E-state index in [-0.39, 0.29) is 6.54 Å². The van der Waals surface area contributed by atoms with Crippen molar-refractivity contribution < 1.29 is 12.8 Å². The predicted octanol–water partition coefficient (Wildman–Crippen LogP) is 0.764. The molecule has 2 aromatic rings.